The number of hydrogen-bond acceptors (Lipinski definition) is 4. The number of anilines is 1. The van der Waals surface area contributed by atoms with Gasteiger partial charge in [-0.25, -0.2) is 4.99 Å². The minimum absolute atomic E-state index is 0.751. The molecule has 0 saturated carbocycles. The van der Waals surface area contributed by atoms with Crippen LogP contribution in [0.15, 0.2) is 68.7 Å². The first kappa shape index (κ1) is 9.96. The Hall–Kier alpha value is -2.23. The van der Waals surface area contributed by atoms with Crippen molar-refractivity contribution in [2.75, 3.05) is 5.32 Å². The number of hydrogen-bond donors (Lipinski definition) is 1. The average molecular weight is 224 g/mol. The second kappa shape index (κ2) is 3.97. The van der Waals surface area contributed by atoms with Crippen LogP contribution in [0.4, 0.5) is 5.69 Å². The summed E-state index contributed by atoms with van der Waals surface area (Å²) in [7, 11) is 0. The van der Waals surface area contributed by atoms with Gasteiger partial charge in [0.2, 0.25) is 0 Å². The summed E-state index contributed by atoms with van der Waals surface area (Å²) in [6, 6.07) is 10.1. The van der Waals surface area contributed by atoms with E-state index in [9.17, 15) is 0 Å². The van der Waals surface area contributed by atoms with E-state index in [1.54, 1.807) is 0 Å². The summed E-state index contributed by atoms with van der Waals surface area (Å²) < 4.78 is 0. The largest absolute Gasteiger partial charge is 0.357 e. The molecule has 0 saturated heterocycles. The van der Waals surface area contributed by atoms with Gasteiger partial charge in [-0.1, -0.05) is 18.2 Å². The maximum Gasteiger partial charge on any atom is 0.179 e. The van der Waals surface area contributed by atoms with Gasteiger partial charge in [0.1, 0.15) is 0 Å². The van der Waals surface area contributed by atoms with Gasteiger partial charge in [0.05, 0.1) is 5.70 Å². The van der Waals surface area contributed by atoms with Gasteiger partial charge in [-0.05, 0) is 19.1 Å². The maximum atomic E-state index is 4.29. The SMILES string of the molecule is CC1=C2CC(Nc3ccccc3)=CN=C2N=N1. The second-order valence-corrected chi connectivity index (χ2v) is 4.04. The molecule has 0 fully saturated rings. The molecule has 1 aromatic carbocycles. The van der Waals surface area contributed by atoms with Crippen molar-refractivity contribution in [1.82, 2.24) is 0 Å². The fourth-order valence-electron chi connectivity index (χ4n) is 1.87. The van der Waals surface area contributed by atoms with E-state index in [1.807, 2.05) is 43.5 Å². The molecule has 4 heteroatoms. The molecule has 0 radical (unpaired) electrons. The third-order valence-electron chi connectivity index (χ3n) is 2.79. The van der Waals surface area contributed by atoms with Crippen molar-refractivity contribution >= 4 is 11.5 Å². The monoisotopic (exact) mass is 224 g/mol. The topological polar surface area (TPSA) is 49.1 Å². The van der Waals surface area contributed by atoms with Gasteiger partial charge in [-0.2, -0.15) is 5.11 Å². The lowest BCUT2D eigenvalue weighted by molar-refractivity contribution is 1.10. The van der Waals surface area contributed by atoms with E-state index in [1.165, 1.54) is 0 Å². The number of allylic oxidation sites excluding steroid dienone is 2. The molecule has 2 aliphatic rings. The first-order chi connectivity index (χ1) is 8.33. The Morgan fingerprint density at radius 1 is 1.12 bits per heavy atom. The van der Waals surface area contributed by atoms with Crippen LogP contribution >= 0.6 is 0 Å². The highest BCUT2D eigenvalue weighted by atomic mass is 15.2. The summed E-state index contributed by atoms with van der Waals surface area (Å²) in [5.41, 5.74) is 4.22. The normalized spacial score (nSPS) is 17.7. The minimum atomic E-state index is 0.751. The zero-order valence-corrected chi connectivity index (χ0v) is 9.51. The molecule has 0 aliphatic carbocycles. The van der Waals surface area contributed by atoms with Gasteiger partial charge in [0.15, 0.2) is 5.84 Å². The lowest BCUT2D eigenvalue weighted by Gasteiger charge is -2.14. The first-order valence-electron chi connectivity index (χ1n) is 5.54. The van der Waals surface area contributed by atoms with E-state index in [0.717, 1.165) is 34.9 Å². The molecule has 2 heterocycles. The summed E-state index contributed by atoms with van der Waals surface area (Å²) in [6.45, 7) is 1.97. The molecule has 0 amide bonds. The predicted octanol–water partition coefficient (Wildman–Crippen LogP) is 3.48. The minimum Gasteiger partial charge on any atom is -0.357 e. The van der Waals surface area contributed by atoms with Crippen molar-refractivity contribution in [3.8, 4) is 0 Å². The first-order valence-corrected chi connectivity index (χ1v) is 5.54. The summed E-state index contributed by atoms with van der Waals surface area (Å²) in [5, 5.41) is 11.4. The smallest absolute Gasteiger partial charge is 0.179 e. The Kier molecular flexibility index (Phi) is 2.33. The molecular weight excluding hydrogens is 212 g/mol. The highest BCUT2D eigenvalue weighted by Gasteiger charge is 2.20. The number of nitrogens with zero attached hydrogens (tertiary/aromatic N) is 3. The van der Waals surface area contributed by atoms with E-state index >= 15 is 0 Å². The maximum absolute atomic E-state index is 4.29. The van der Waals surface area contributed by atoms with Crippen molar-refractivity contribution in [2.24, 2.45) is 15.2 Å². The third-order valence-corrected chi connectivity index (χ3v) is 2.79. The van der Waals surface area contributed by atoms with E-state index in [0.29, 0.717) is 0 Å². The molecule has 0 unspecified atom stereocenters. The van der Waals surface area contributed by atoms with Gasteiger partial charge in [0.25, 0.3) is 0 Å². The molecule has 4 nitrogen and oxygen atoms in total. The molecule has 17 heavy (non-hydrogen) atoms. The van der Waals surface area contributed by atoms with Crippen LogP contribution in [0.2, 0.25) is 0 Å². The van der Waals surface area contributed by atoms with Crippen LogP contribution in [0.3, 0.4) is 0 Å². The molecule has 2 aliphatic heterocycles. The molecule has 1 N–H and O–H groups in total. The van der Waals surface area contributed by atoms with E-state index < -0.39 is 0 Å². The fourth-order valence-corrected chi connectivity index (χ4v) is 1.87. The average Bonchev–Trinajstić information content (AvgIpc) is 2.73. The standard InChI is InChI=1S/C13H12N4/c1-9-12-7-11(8-14-13(12)17-16-9)15-10-5-3-2-4-6-10/h2-6,8,15H,7H2,1H3. The van der Waals surface area contributed by atoms with Gasteiger partial charge in [-0.3, -0.25) is 0 Å². The Balaban J connectivity index is 1.82. The highest BCUT2D eigenvalue weighted by Crippen LogP contribution is 2.28. The number of azo groups is 1. The number of nitrogens with one attached hydrogen (secondary N) is 1. The number of rotatable bonds is 2. The summed E-state index contributed by atoms with van der Waals surface area (Å²) in [5.74, 6) is 0.751. The van der Waals surface area contributed by atoms with Crippen LogP contribution < -0.4 is 5.32 Å². The van der Waals surface area contributed by atoms with Crippen LogP contribution in [0.25, 0.3) is 0 Å². The molecule has 0 bridgehead atoms. The van der Waals surface area contributed by atoms with Crippen molar-refractivity contribution < 1.29 is 0 Å². The summed E-state index contributed by atoms with van der Waals surface area (Å²) in [6.07, 6.45) is 2.63. The van der Waals surface area contributed by atoms with E-state index in [2.05, 4.69) is 20.5 Å². The second-order valence-electron chi connectivity index (χ2n) is 4.04. The van der Waals surface area contributed by atoms with Crippen LogP contribution in [0.5, 0.6) is 0 Å². The lowest BCUT2D eigenvalue weighted by Crippen LogP contribution is -2.09. The van der Waals surface area contributed by atoms with Gasteiger partial charge in [-0.15, -0.1) is 5.11 Å². The number of fused-ring (bicyclic) bond motifs is 1. The lowest BCUT2D eigenvalue weighted by atomic mass is 10.1. The Morgan fingerprint density at radius 2 is 1.94 bits per heavy atom. The molecule has 84 valence electrons. The van der Waals surface area contributed by atoms with Crippen molar-refractivity contribution in [2.45, 2.75) is 13.3 Å². The van der Waals surface area contributed by atoms with Gasteiger partial charge >= 0.3 is 0 Å². The van der Waals surface area contributed by atoms with E-state index in [-0.39, 0.29) is 0 Å². The molecule has 0 aromatic heterocycles. The fraction of sp³-hybridized carbons (Fsp3) is 0.154. The quantitative estimate of drug-likeness (QED) is 0.821. The van der Waals surface area contributed by atoms with Crippen LogP contribution in [-0.4, -0.2) is 5.84 Å². The summed E-state index contributed by atoms with van der Waals surface area (Å²) in [4.78, 5) is 4.29. The van der Waals surface area contributed by atoms with Crippen molar-refractivity contribution in [1.29, 1.82) is 0 Å². The van der Waals surface area contributed by atoms with Crippen molar-refractivity contribution in [3.05, 3.63) is 53.5 Å². The summed E-state index contributed by atoms with van der Waals surface area (Å²) >= 11 is 0. The zero-order valence-electron chi connectivity index (χ0n) is 9.51. The predicted molar refractivity (Wildman–Crippen MR) is 67.8 cm³/mol. The Morgan fingerprint density at radius 3 is 2.76 bits per heavy atom. The number of amidine groups is 1. The van der Waals surface area contributed by atoms with Gasteiger partial charge < -0.3 is 5.32 Å². The van der Waals surface area contributed by atoms with Crippen molar-refractivity contribution in [3.63, 3.8) is 0 Å². The number of para-hydroxylation sites is 1. The van der Waals surface area contributed by atoms with Crippen LogP contribution in [0.1, 0.15) is 13.3 Å². The highest BCUT2D eigenvalue weighted by molar-refractivity contribution is 6.02. The molecule has 0 spiro atoms. The molecule has 3 rings (SSSR count). The van der Waals surface area contributed by atoms with E-state index in [4.69, 9.17) is 0 Å². The molecule has 1 aromatic rings. The number of benzene rings is 1. The van der Waals surface area contributed by atoms with Gasteiger partial charge in [0, 0.05) is 29.6 Å². The Labute approximate surface area is 99.5 Å². The zero-order chi connectivity index (χ0) is 11.7. The third kappa shape index (κ3) is 1.89. The van der Waals surface area contributed by atoms with Crippen LogP contribution in [0, 0.1) is 0 Å². The Bertz CT molecular complexity index is 564. The molecular formula is C13H12N4. The van der Waals surface area contributed by atoms with Crippen LogP contribution in [-0.2, 0) is 0 Å². The number of aliphatic imine (C=N–C) groups is 1. The molecule has 0 atom stereocenters.